The number of nitrogens with one attached hydrogen (secondary N) is 2. The predicted molar refractivity (Wildman–Crippen MR) is 89.4 cm³/mol. The molecule has 0 heterocycles. The van der Waals surface area contributed by atoms with Gasteiger partial charge in [0.2, 0.25) is 5.91 Å². The van der Waals surface area contributed by atoms with Crippen molar-refractivity contribution in [2.45, 2.75) is 19.9 Å². The molecule has 0 aliphatic heterocycles. The molecule has 0 aromatic heterocycles. The standard InChI is InChI=1S/C16H16Cl2N2O/c1-10-3-5-14(6-4-10)19-11(2)16(21)20-15-8-12(17)7-13(18)9-15/h3-9,11,19H,1-2H3,(H,20,21)/t11-/m0/s1. The fourth-order valence-corrected chi connectivity index (χ4v) is 2.37. The van der Waals surface area contributed by atoms with Crippen LogP contribution in [0.2, 0.25) is 10.0 Å². The van der Waals surface area contributed by atoms with Crippen LogP contribution in [0.4, 0.5) is 11.4 Å². The van der Waals surface area contributed by atoms with Crippen LogP contribution < -0.4 is 10.6 Å². The molecule has 0 saturated carbocycles. The van der Waals surface area contributed by atoms with Crippen LogP contribution in [0.15, 0.2) is 42.5 Å². The minimum absolute atomic E-state index is 0.158. The van der Waals surface area contributed by atoms with E-state index in [9.17, 15) is 4.79 Å². The van der Waals surface area contributed by atoms with E-state index in [-0.39, 0.29) is 11.9 Å². The van der Waals surface area contributed by atoms with Gasteiger partial charge < -0.3 is 10.6 Å². The first kappa shape index (κ1) is 15.7. The minimum atomic E-state index is -0.384. The number of aryl methyl sites for hydroxylation is 1. The molecule has 3 nitrogen and oxygen atoms in total. The summed E-state index contributed by atoms with van der Waals surface area (Å²) in [4.78, 5) is 12.1. The van der Waals surface area contributed by atoms with Gasteiger partial charge in [-0.05, 0) is 44.2 Å². The van der Waals surface area contributed by atoms with E-state index in [0.717, 1.165) is 5.69 Å². The lowest BCUT2D eigenvalue weighted by molar-refractivity contribution is -0.116. The molecule has 2 aromatic rings. The van der Waals surface area contributed by atoms with Crippen LogP contribution in [-0.2, 0) is 4.79 Å². The molecule has 0 saturated heterocycles. The van der Waals surface area contributed by atoms with Crippen LogP contribution >= 0.6 is 23.2 Å². The van der Waals surface area contributed by atoms with Gasteiger partial charge in [-0.15, -0.1) is 0 Å². The molecule has 0 fully saturated rings. The van der Waals surface area contributed by atoms with Crippen molar-refractivity contribution in [2.75, 3.05) is 10.6 Å². The van der Waals surface area contributed by atoms with Gasteiger partial charge in [0.05, 0.1) is 0 Å². The number of halogens is 2. The van der Waals surface area contributed by atoms with Crippen molar-refractivity contribution in [2.24, 2.45) is 0 Å². The van der Waals surface area contributed by atoms with Crippen LogP contribution in [0, 0.1) is 6.92 Å². The van der Waals surface area contributed by atoms with Crippen molar-refractivity contribution < 1.29 is 4.79 Å². The zero-order chi connectivity index (χ0) is 15.4. The van der Waals surface area contributed by atoms with Crippen molar-refractivity contribution in [1.82, 2.24) is 0 Å². The van der Waals surface area contributed by atoms with E-state index in [2.05, 4.69) is 10.6 Å². The third-order valence-corrected chi connectivity index (χ3v) is 3.39. The summed E-state index contributed by atoms with van der Waals surface area (Å²) >= 11 is 11.8. The molecule has 1 atom stereocenters. The highest BCUT2D eigenvalue weighted by atomic mass is 35.5. The van der Waals surface area contributed by atoms with Gasteiger partial charge in [-0.2, -0.15) is 0 Å². The molecule has 1 amide bonds. The van der Waals surface area contributed by atoms with Crippen LogP contribution in [0.3, 0.4) is 0 Å². The van der Waals surface area contributed by atoms with Gasteiger partial charge in [0.1, 0.15) is 6.04 Å². The zero-order valence-electron chi connectivity index (χ0n) is 11.8. The second-order valence-corrected chi connectivity index (χ2v) is 5.75. The Bertz CT molecular complexity index is 621. The number of amides is 1. The highest BCUT2D eigenvalue weighted by molar-refractivity contribution is 6.35. The van der Waals surface area contributed by atoms with E-state index in [4.69, 9.17) is 23.2 Å². The molecule has 21 heavy (non-hydrogen) atoms. The van der Waals surface area contributed by atoms with Gasteiger partial charge in [-0.25, -0.2) is 0 Å². The van der Waals surface area contributed by atoms with E-state index in [1.54, 1.807) is 25.1 Å². The topological polar surface area (TPSA) is 41.1 Å². The maximum absolute atomic E-state index is 12.1. The largest absolute Gasteiger partial charge is 0.374 e. The maximum Gasteiger partial charge on any atom is 0.246 e. The smallest absolute Gasteiger partial charge is 0.246 e. The predicted octanol–water partition coefficient (Wildman–Crippen LogP) is 4.74. The number of rotatable bonds is 4. The van der Waals surface area contributed by atoms with Gasteiger partial charge in [0.15, 0.2) is 0 Å². The summed E-state index contributed by atoms with van der Waals surface area (Å²) in [5.74, 6) is -0.158. The van der Waals surface area contributed by atoms with Gasteiger partial charge in [-0.1, -0.05) is 40.9 Å². The third kappa shape index (κ3) is 4.66. The van der Waals surface area contributed by atoms with Crippen LogP contribution in [-0.4, -0.2) is 11.9 Å². The number of hydrogen-bond acceptors (Lipinski definition) is 2. The number of hydrogen-bond donors (Lipinski definition) is 2. The van der Waals surface area contributed by atoms with Crippen LogP contribution in [0.1, 0.15) is 12.5 Å². The van der Waals surface area contributed by atoms with Crippen LogP contribution in [0.25, 0.3) is 0 Å². The van der Waals surface area contributed by atoms with Crippen molar-refractivity contribution in [1.29, 1.82) is 0 Å². The molecule has 0 aliphatic rings. The first-order valence-corrected chi connectivity index (χ1v) is 7.30. The molecular weight excluding hydrogens is 307 g/mol. The summed E-state index contributed by atoms with van der Waals surface area (Å²) in [6.07, 6.45) is 0. The molecule has 0 spiro atoms. The van der Waals surface area contributed by atoms with Gasteiger partial charge in [0.25, 0.3) is 0 Å². The number of carbonyl (C=O) groups excluding carboxylic acids is 1. The highest BCUT2D eigenvalue weighted by Gasteiger charge is 2.13. The van der Waals surface area contributed by atoms with Crippen molar-refractivity contribution in [3.63, 3.8) is 0 Å². The summed E-state index contributed by atoms with van der Waals surface area (Å²) in [7, 11) is 0. The van der Waals surface area contributed by atoms with Crippen molar-refractivity contribution in [3.05, 3.63) is 58.1 Å². The Morgan fingerprint density at radius 1 is 1.00 bits per heavy atom. The fourth-order valence-electron chi connectivity index (χ4n) is 1.84. The maximum atomic E-state index is 12.1. The first-order chi connectivity index (χ1) is 9.94. The average molecular weight is 323 g/mol. The van der Waals surface area contributed by atoms with E-state index < -0.39 is 0 Å². The Morgan fingerprint density at radius 2 is 1.57 bits per heavy atom. The van der Waals surface area contributed by atoms with Gasteiger partial charge >= 0.3 is 0 Å². The Balaban J connectivity index is 2.00. The number of benzene rings is 2. The minimum Gasteiger partial charge on any atom is -0.374 e. The van der Waals surface area contributed by atoms with E-state index in [1.807, 2.05) is 31.2 Å². The molecule has 0 unspecified atom stereocenters. The van der Waals surface area contributed by atoms with Crippen molar-refractivity contribution >= 4 is 40.5 Å². The summed E-state index contributed by atoms with van der Waals surface area (Å²) in [5.41, 5.74) is 2.65. The number of anilines is 2. The Morgan fingerprint density at radius 3 is 2.14 bits per heavy atom. The normalized spacial score (nSPS) is 11.8. The monoisotopic (exact) mass is 322 g/mol. The molecule has 0 radical (unpaired) electrons. The second-order valence-electron chi connectivity index (χ2n) is 4.88. The summed E-state index contributed by atoms with van der Waals surface area (Å²) in [6, 6.07) is 12.4. The molecule has 2 rings (SSSR count). The number of carbonyl (C=O) groups is 1. The van der Waals surface area contributed by atoms with E-state index in [1.165, 1.54) is 5.56 Å². The average Bonchev–Trinajstić information content (AvgIpc) is 2.40. The fraction of sp³-hybridized carbons (Fsp3) is 0.188. The molecule has 0 aliphatic carbocycles. The van der Waals surface area contributed by atoms with Crippen molar-refractivity contribution in [3.8, 4) is 0 Å². The SMILES string of the molecule is Cc1ccc(N[C@@H](C)C(=O)Nc2cc(Cl)cc(Cl)c2)cc1. The first-order valence-electron chi connectivity index (χ1n) is 6.54. The molecule has 5 heteroatoms. The van der Waals surface area contributed by atoms with Gasteiger partial charge in [0, 0.05) is 21.4 Å². The molecular formula is C16H16Cl2N2O. The summed E-state index contributed by atoms with van der Waals surface area (Å²) in [5, 5.41) is 6.89. The molecule has 2 aromatic carbocycles. The summed E-state index contributed by atoms with van der Waals surface area (Å²) < 4.78 is 0. The lowest BCUT2D eigenvalue weighted by Crippen LogP contribution is -2.31. The van der Waals surface area contributed by atoms with E-state index >= 15 is 0 Å². The summed E-state index contributed by atoms with van der Waals surface area (Å²) in [6.45, 7) is 3.81. The highest BCUT2D eigenvalue weighted by Crippen LogP contribution is 2.22. The Kier molecular flexibility index (Phi) is 5.10. The molecule has 0 bridgehead atoms. The van der Waals surface area contributed by atoms with Crippen LogP contribution in [0.5, 0.6) is 0 Å². The zero-order valence-corrected chi connectivity index (χ0v) is 13.3. The lowest BCUT2D eigenvalue weighted by Gasteiger charge is -2.15. The molecule has 2 N–H and O–H groups in total. The quantitative estimate of drug-likeness (QED) is 0.853. The third-order valence-electron chi connectivity index (χ3n) is 2.96. The Hall–Kier alpha value is -1.71. The second kappa shape index (κ2) is 6.83. The van der Waals surface area contributed by atoms with E-state index in [0.29, 0.717) is 15.7 Å². The van der Waals surface area contributed by atoms with Gasteiger partial charge in [-0.3, -0.25) is 4.79 Å². The molecule has 110 valence electrons. The Labute approximate surface area is 134 Å². The lowest BCUT2D eigenvalue weighted by atomic mass is 10.2.